The third kappa shape index (κ3) is 5.13. The fourth-order valence-electron chi connectivity index (χ4n) is 2.50. The highest BCUT2D eigenvalue weighted by Gasteiger charge is 2.16. The average Bonchev–Trinajstić information content (AvgIpc) is 2.66. The highest BCUT2D eigenvalue weighted by atomic mass is 35.5. The van der Waals surface area contributed by atoms with E-state index in [1.807, 2.05) is 38.1 Å². The van der Waals surface area contributed by atoms with Gasteiger partial charge in [-0.3, -0.25) is 4.79 Å². The predicted octanol–water partition coefficient (Wildman–Crippen LogP) is 4.21. The van der Waals surface area contributed by atoms with Crippen molar-refractivity contribution in [2.24, 2.45) is 0 Å². The number of amides is 1. The Morgan fingerprint density at radius 3 is 2.50 bits per heavy atom. The number of carbonyl (C=O) groups is 1. The topological polar surface area (TPSA) is 56.8 Å². The van der Waals surface area contributed by atoms with Crippen molar-refractivity contribution in [1.82, 2.24) is 5.32 Å². The van der Waals surface area contributed by atoms with Gasteiger partial charge in [-0.15, -0.1) is 0 Å². The average molecular weight is 378 g/mol. The monoisotopic (exact) mass is 377 g/mol. The lowest BCUT2D eigenvalue weighted by Gasteiger charge is -2.14. The SMILES string of the molecule is CCOCc1ccccc1CNC(=O)c1cc(Cl)c(OCC)c(OC)c1. The molecule has 0 bridgehead atoms. The van der Waals surface area contributed by atoms with Crippen LogP contribution in [-0.4, -0.2) is 26.2 Å². The number of carbonyl (C=O) groups excluding carboxylic acids is 1. The smallest absolute Gasteiger partial charge is 0.251 e. The second-order valence-corrected chi connectivity index (χ2v) is 5.92. The third-order valence-electron chi connectivity index (χ3n) is 3.80. The van der Waals surface area contributed by atoms with E-state index in [0.29, 0.717) is 48.5 Å². The Labute approximate surface area is 159 Å². The first-order valence-corrected chi connectivity index (χ1v) is 8.91. The van der Waals surface area contributed by atoms with Gasteiger partial charge >= 0.3 is 0 Å². The van der Waals surface area contributed by atoms with Gasteiger partial charge in [0, 0.05) is 18.7 Å². The molecule has 0 saturated heterocycles. The van der Waals surface area contributed by atoms with E-state index in [-0.39, 0.29) is 5.91 Å². The van der Waals surface area contributed by atoms with E-state index in [4.69, 9.17) is 25.8 Å². The standard InChI is InChI=1S/C20H24ClNO4/c1-4-25-13-15-9-7-6-8-14(15)12-22-20(23)16-10-17(21)19(26-5-2)18(11-16)24-3/h6-11H,4-5,12-13H2,1-3H3,(H,22,23). The number of methoxy groups -OCH3 is 1. The number of benzene rings is 2. The van der Waals surface area contributed by atoms with Crippen LogP contribution in [0.15, 0.2) is 36.4 Å². The van der Waals surface area contributed by atoms with Gasteiger partial charge in [0.25, 0.3) is 5.91 Å². The second-order valence-electron chi connectivity index (χ2n) is 5.51. The summed E-state index contributed by atoms with van der Waals surface area (Å²) in [6.45, 7) is 5.83. The van der Waals surface area contributed by atoms with Crippen LogP contribution in [0, 0.1) is 0 Å². The minimum atomic E-state index is -0.237. The molecule has 140 valence electrons. The Kier molecular flexibility index (Phi) is 7.75. The number of rotatable bonds is 9. The van der Waals surface area contributed by atoms with Gasteiger partial charge in [0.15, 0.2) is 11.5 Å². The van der Waals surface area contributed by atoms with Crippen LogP contribution in [0.25, 0.3) is 0 Å². The molecule has 2 aromatic rings. The molecule has 1 amide bonds. The van der Waals surface area contributed by atoms with Gasteiger partial charge in [-0.2, -0.15) is 0 Å². The lowest BCUT2D eigenvalue weighted by atomic mass is 10.1. The van der Waals surface area contributed by atoms with Crippen molar-refractivity contribution in [3.8, 4) is 11.5 Å². The molecule has 26 heavy (non-hydrogen) atoms. The fraction of sp³-hybridized carbons (Fsp3) is 0.350. The van der Waals surface area contributed by atoms with Crippen LogP contribution in [0.3, 0.4) is 0 Å². The van der Waals surface area contributed by atoms with Crippen LogP contribution in [-0.2, 0) is 17.9 Å². The van der Waals surface area contributed by atoms with Gasteiger partial charge in [0.05, 0.1) is 25.3 Å². The maximum absolute atomic E-state index is 12.5. The Hall–Kier alpha value is -2.24. The maximum Gasteiger partial charge on any atom is 0.251 e. The van der Waals surface area contributed by atoms with Crippen LogP contribution < -0.4 is 14.8 Å². The van der Waals surface area contributed by atoms with Crippen molar-refractivity contribution in [2.45, 2.75) is 27.0 Å². The summed E-state index contributed by atoms with van der Waals surface area (Å²) >= 11 is 6.23. The van der Waals surface area contributed by atoms with Gasteiger partial charge in [-0.1, -0.05) is 35.9 Å². The largest absolute Gasteiger partial charge is 0.493 e. The zero-order valence-electron chi connectivity index (χ0n) is 15.3. The van der Waals surface area contributed by atoms with E-state index in [1.165, 1.54) is 7.11 Å². The van der Waals surface area contributed by atoms with Crippen molar-refractivity contribution in [1.29, 1.82) is 0 Å². The molecule has 6 heteroatoms. The fourth-order valence-corrected chi connectivity index (χ4v) is 2.76. The summed E-state index contributed by atoms with van der Waals surface area (Å²) in [5.74, 6) is 0.635. The molecule has 0 aromatic heterocycles. The minimum Gasteiger partial charge on any atom is -0.493 e. The maximum atomic E-state index is 12.5. The first kappa shape index (κ1) is 20.1. The Bertz CT molecular complexity index is 749. The van der Waals surface area contributed by atoms with E-state index < -0.39 is 0 Å². The molecule has 0 heterocycles. The van der Waals surface area contributed by atoms with E-state index >= 15 is 0 Å². The van der Waals surface area contributed by atoms with Crippen LogP contribution in [0.4, 0.5) is 0 Å². The number of hydrogen-bond donors (Lipinski definition) is 1. The minimum absolute atomic E-state index is 0.237. The Morgan fingerprint density at radius 2 is 1.85 bits per heavy atom. The quantitative estimate of drug-likeness (QED) is 0.711. The number of hydrogen-bond acceptors (Lipinski definition) is 4. The van der Waals surface area contributed by atoms with Gasteiger partial charge in [-0.25, -0.2) is 0 Å². The Morgan fingerprint density at radius 1 is 1.12 bits per heavy atom. The van der Waals surface area contributed by atoms with Crippen molar-refractivity contribution >= 4 is 17.5 Å². The number of halogens is 1. The summed E-state index contributed by atoms with van der Waals surface area (Å²) in [6, 6.07) is 11.1. The molecular formula is C20H24ClNO4. The lowest BCUT2D eigenvalue weighted by Crippen LogP contribution is -2.23. The summed E-state index contributed by atoms with van der Waals surface area (Å²) in [6.07, 6.45) is 0. The third-order valence-corrected chi connectivity index (χ3v) is 4.08. The molecule has 0 aliphatic carbocycles. The molecule has 0 aliphatic rings. The first-order valence-electron chi connectivity index (χ1n) is 8.53. The first-order chi connectivity index (χ1) is 12.6. The number of nitrogens with one attached hydrogen (secondary N) is 1. The highest BCUT2D eigenvalue weighted by molar-refractivity contribution is 6.32. The Balaban J connectivity index is 2.12. The van der Waals surface area contributed by atoms with Crippen LogP contribution in [0.2, 0.25) is 5.02 Å². The van der Waals surface area contributed by atoms with E-state index in [0.717, 1.165) is 11.1 Å². The lowest BCUT2D eigenvalue weighted by molar-refractivity contribution is 0.0949. The van der Waals surface area contributed by atoms with E-state index in [1.54, 1.807) is 12.1 Å². The van der Waals surface area contributed by atoms with Crippen LogP contribution >= 0.6 is 11.6 Å². The molecule has 0 unspecified atom stereocenters. The van der Waals surface area contributed by atoms with Gasteiger partial charge in [0.2, 0.25) is 0 Å². The molecular weight excluding hydrogens is 354 g/mol. The summed E-state index contributed by atoms with van der Waals surface area (Å²) in [7, 11) is 1.51. The van der Waals surface area contributed by atoms with Gasteiger partial charge in [0.1, 0.15) is 0 Å². The summed E-state index contributed by atoms with van der Waals surface area (Å²) < 4.78 is 16.2. The van der Waals surface area contributed by atoms with Crippen molar-refractivity contribution in [2.75, 3.05) is 20.3 Å². The molecule has 0 spiro atoms. The molecule has 0 aliphatic heterocycles. The molecule has 2 rings (SSSR count). The second kappa shape index (κ2) is 10.0. The van der Waals surface area contributed by atoms with Crippen LogP contribution in [0.5, 0.6) is 11.5 Å². The predicted molar refractivity (Wildman–Crippen MR) is 102 cm³/mol. The summed E-state index contributed by atoms with van der Waals surface area (Å²) in [5, 5.41) is 3.25. The van der Waals surface area contributed by atoms with Gasteiger partial charge in [-0.05, 0) is 37.1 Å². The highest BCUT2D eigenvalue weighted by Crippen LogP contribution is 2.36. The van der Waals surface area contributed by atoms with Crippen molar-refractivity contribution in [3.05, 3.63) is 58.1 Å². The molecule has 2 aromatic carbocycles. The van der Waals surface area contributed by atoms with Gasteiger partial charge < -0.3 is 19.5 Å². The molecule has 1 N–H and O–H groups in total. The normalized spacial score (nSPS) is 10.5. The van der Waals surface area contributed by atoms with Crippen molar-refractivity contribution in [3.63, 3.8) is 0 Å². The summed E-state index contributed by atoms with van der Waals surface area (Å²) in [5.41, 5.74) is 2.48. The molecule has 0 saturated carbocycles. The van der Waals surface area contributed by atoms with E-state index in [2.05, 4.69) is 5.32 Å². The zero-order chi connectivity index (χ0) is 18.9. The molecule has 0 atom stereocenters. The zero-order valence-corrected chi connectivity index (χ0v) is 16.1. The molecule has 0 radical (unpaired) electrons. The number of ether oxygens (including phenoxy) is 3. The van der Waals surface area contributed by atoms with Crippen LogP contribution in [0.1, 0.15) is 35.3 Å². The molecule has 5 nitrogen and oxygen atoms in total. The van der Waals surface area contributed by atoms with Crippen molar-refractivity contribution < 1.29 is 19.0 Å². The summed E-state index contributed by atoms with van der Waals surface area (Å²) in [4.78, 5) is 12.5. The molecule has 0 fully saturated rings. The van der Waals surface area contributed by atoms with E-state index in [9.17, 15) is 4.79 Å².